The lowest BCUT2D eigenvalue weighted by Gasteiger charge is -2.11. The van der Waals surface area contributed by atoms with Gasteiger partial charge in [0.25, 0.3) is 0 Å². The summed E-state index contributed by atoms with van der Waals surface area (Å²) >= 11 is 0. The number of nitrogens with one attached hydrogen (secondary N) is 2. The van der Waals surface area contributed by atoms with Gasteiger partial charge in [0.2, 0.25) is 0 Å². The Balaban J connectivity index is 1.89. The Morgan fingerprint density at radius 2 is 2.20 bits per heavy atom. The zero-order valence-corrected chi connectivity index (χ0v) is 14.1. The number of alkyl halides is 3. The van der Waals surface area contributed by atoms with Crippen LogP contribution < -0.4 is 10.6 Å². The molecule has 0 amide bonds. The van der Waals surface area contributed by atoms with Crippen LogP contribution in [0.5, 0.6) is 0 Å². The summed E-state index contributed by atoms with van der Waals surface area (Å²) < 4.78 is 43.5. The maximum absolute atomic E-state index is 12.7. The molecule has 1 aromatic carbocycles. The molecule has 4 nitrogen and oxygen atoms in total. The second-order valence-electron chi connectivity index (χ2n) is 5.59. The monoisotopic (exact) mass is 353 g/mol. The maximum Gasteiger partial charge on any atom is 0.416 e. The van der Waals surface area contributed by atoms with E-state index < -0.39 is 11.7 Å². The van der Waals surface area contributed by atoms with E-state index in [1.54, 1.807) is 6.07 Å². The van der Waals surface area contributed by atoms with Crippen LogP contribution >= 0.6 is 0 Å². The molecule has 0 bridgehead atoms. The second kappa shape index (κ2) is 9.33. The van der Waals surface area contributed by atoms with Crippen LogP contribution in [-0.4, -0.2) is 38.3 Å². The van der Waals surface area contributed by atoms with Crippen molar-refractivity contribution in [2.75, 3.05) is 26.2 Å². The third-order valence-corrected chi connectivity index (χ3v) is 3.59. The summed E-state index contributed by atoms with van der Waals surface area (Å²) in [6, 6.07) is 4.99. The number of aliphatic imine (C=N–C) groups is 1. The van der Waals surface area contributed by atoms with Crippen LogP contribution in [0.2, 0.25) is 0 Å². The van der Waals surface area contributed by atoms with Gasteiger partial charge in [-0.15, -0.1) is 0 Å². The number of nitrogens with zero attached hydrogens (tertiary/aromatic N) is 1. The number of halogens is 3. The Bertz CT molecular complexity index is 641. The number of ether oxygens (including phenoxy) is 1. The normalized spacial score (nSPS) is 17.8. The quantitative estimate of drug-likeness (QED) is 0.497. The lowest BCUT2D eigenvalue weighted by molar-refractivity contribution is -0.137. The van der Waals surface area contributed by atoms with Gasteiger partial charge in [-0.2, -0.15) is 13.2 Å². The smallest absolute Gasteiger partial charge is 0.376 e. The summed E-state index contributed by atoms with van der Waals surface area (Å²) in [4.78, 5) is 4.44. The summed E-state index contributed by atoms with van der Waals surface area (Å²) in [6.07, 6.45) is -2.12. The van der Waals surface area contributed by atoms with E-state index in [9.17, 15) is 13.2 Å². The average molecular weight is 353 g/mol. The van der Waals surface area contributed by atoms with E-state index in [1.807, 2.05) is 6.92 Å². The number of benzene rings is 1. The molecule has 7 heteroatoms. The predicted octanol–water partition coefficient (Wildman–Crippen LogP) is 2.79. The Morgan fingerprint density at radius 1 is 1.36 bits per heavy atom. The van der Waals surface area contributed by atoms with Gasteiger partial charge >= 0.3 is 6.18 Å². The molecule has 1 aliphatic heterocycles. The molecule has 0 saturated carbocycles. The van der Waals surface area contributed by atoms with E-state index in [0.717, 1.165) is 31.6 Å². The van der Waals surface area contributed by atoms with Gasteiger partial charge in [0.1, 0.15) is 0 Å². The second-order valence-corrected chi connectivity index (χ2v) is 5.59. The van der Waals surface area contributed by atoms with Crippen LogP contribution in [0, 0.1) is 11.8 Å². The van der Waals surface area contributed by atoms with Gasteiger partial charge in [-0.25, -0.2) is 0 Å². The minimum Gasteiger partial charge on any atom is -0.376 e. The Labute approximate surface area is 145 Å². The fraction of sp³-hybridized carbons (Fsp3) is 0.500. The highest BCUT2D eigenvalue weighted by molar-refractivity contribution is 5.80. The first-order valence-electron chi connectivity index (χ1n) is 8.29. The molecule has 1 aliphatic rings. The first-order chi connectivity index (χ1) is 12.0. The van der Waals surface area contributed by atoms with Crippen LogP contribution in [0.1, 0.15) is 30.9 Å². The average Bonchev–Trinajstić information content (AvgIpc) is 3.09. The van der Waals surface area contributed by atoms with Crippen molar-refractivity contribution in [3.05, 3.63) is 35.4 Å². The number of hydrogen-bond donors (Lipinski definition) is 2. The number of rotatable bonds is 4. The summed E-state index contributed by atoms with van der Waals surface area (Å²) in [7, 11) is 0. The maximum atomic E-state index is 12.7. The van der Waals surface area contributed by atoms with Gasteiger partial charge in [0.15, 0.2) is 5.96 Å². The highest BCUT2D eigenvalue weighted by Crippen LogP contribution is 2.29. The fourth-order valence-corrected chi connectivity index (χ4v) is 2.37. The number of hydrogen-bond acceptors (Lipinski definition) is 2. The van der Waals surface area contributed by atoms with Crippen molar-refractivity contribution >= 4 is 5.96 Å². The van der Waals surface area contributed by atoms with Crippen LogP contribution in [0.4, 0.5) is 13.2 Å². The first kappa shape index (κ1) is 19.1. The van der Waals surface area contributed by atoms with Crippen molar-refractivity contribution in [2.24, 2.45) is 4.99 Å². The van der Waals surface area contributed by atoms with Gasteiger partial charge in [-0.3, -0.25) is 4.99 Å². The standard InChI is InChI=1S/C18H22F3N3O/c1-2-22-17(24-13-16-9-5-11-25-16)23-10-4-7-14-6-3-8-15(12-14)18(19,20)21/h3,6,8,12,16H,2,5,9-11,13H2,1H3,(H2,22,23,24). The van der Waals surface area contributed by atoms with Crippen LogP contribution in [0.3, 0.4) is 0 Å². The molecule has 0 aliphatic carbocycles. The van der Waals surface area contributed by atoms with Crippen molar-refractivity contribution < 1.29 is 17.9 Å². The zero-order valence-electron chi connectivity index (χ0n) is 14.1. The SMILES string of the molecule is CCNC(=NCC1CCCO1)NCC#Cc1cccc(C(F)(F)F)c1. The van der Waals surface area contributed by atoms with E-state index in [-0.39, 0.29) is 12.6 Å². The third-order valence-electron chi connectivity index (χ3n) is 3.59. The molecule has 0 spiro atoms. The highest BCUT2D eigenvalue weighted by Gasteiger charge is 2.30. The van der Waals surface area contributed by atoms with Crippen molar-refractivity contribution in [2.45, 2.75) is 32.0 Å². The van der Waals surface area contributed by atoms with E-state index in [4.69, 9.17) is 4.74 Å². The minimum absolute atomic E-state index is 0.159. The molecular weight excluding hydrogens is 331 g/mol. The Kier molecular flexibility index (Phi) is 7.14. The van der Waals surface area contributed by atoms with Crippen LogP contribution in [0.25, 0.3) is 0 Å². The van der Waals surface area contributed by atoms with Gasteiger partial charge in [-0.1, -0.05) is 17.9 Å². The highest BCUT2D eigenvalue weighted by atomic mass is 19.4. The van der Waals surface area contributed by atoms with E-state index >= 15 is 0 Å². The van der Waals surface area contributed by atoms with Crippen molar-refractivity contribution in [1.29, 1.82) is 0 Å². The molecule has 2 N–H and O–H groups in total. The van der Waals surface area contributed by atoms with E-state index in [2.05, 4.69) is 27.5 Å². The fourth-order valence-electron chi connectivity index (χ4n) is 2.37. The molecule has 1 heterocycles. The van der Waals surface area contributed by atoms with E-state index in [1.165, 1.54) is 6.07 Å². The molecule has 0 aromatic heterocycles. The summed E-state index contributed by atoms with van der Waals surface area (Å²) in [5.41, 5.74) is -0.364. The summed E-state index contributed by atoms with van der Waals surface area (Å²) in [5.74, 6) is 6.17. The summed E-state index contributed by atoms with van der Waals surface area (Å²) in [5, 5.41) is 6.15. The molecule has 136 valence electrons. The zero-order chi connectivity index (χ0) is 18.1. The lowest BCUT2D eigenvalue weighted by atomic mass is 10.1. The van der Waals surface area contributed by atoms with Gasteiger partial charge in [-0.05, 0) is 38.0 Å². The van der Waals surface area contributed by atoms with Crippen LogP contribution in [-0.2, 0) is 10.9 Å². The van der Waals surface area contributed by atoms with Crippen molar-refractivity contribution in [3.8, 4) is 11.8 Å². The van der Waals surface area contributed by atoms with E-state index in [0.29, 0.717) is 24.6 Å². The summed E-state index contributed by atoms with van der Waals surface area (Å²) in [6.45, 7) is 4.31. The van der Waals surface area contributed by atoms with Gasteiger partial charge in [0, 0.05) is 18.7 Å². The minimum atomic E-state index is -4.36. The molecular formula is C18H22F3N3O. The molecule has 1 unspecified atom stereocenters. The van der Waals surface area contributed by atoms with Crippen LogP contribution in [0.15, 0.2) is 29.3 Å². The molecule has 1 aromatic rings. The molecule has 25 heavy (non-hydrogen) atoms. The molecule has 1 saturated heterocycles. The predicted molar refractivity (Wildman–Crippen MR) is 91.3 cm³/mol. The van der Waals surface area contributed by atoms with Crippen molar-refractivity contribution in [3.63, 3.8) is 0 Å². The van der Waals surface area contributed by atoms with Gasteiger partial charge in [0.05, 0.1) is 24.8 Å². The molecule has 2 rings (SSSR count). The van der Waals surface area contributed by atoms with Crippen molar-refractivity contribution in [1.82, 2.24) is 10.6 Å². The first-order valence-corrected chi connectivity index (χ1v) is 8.29. The lowest BCUT2D eigenvalue weighted by Crippen LogP contribution is -2.38. The number of guanidine groups is 1. The van der Waals surface area contributed by atoms with Gasteiger partial charge < -0.3 is 15.4 Å². The topological polar surface area (TPSA) is 45.7 Å². The Morgan fingerprint density at radius 3 is 2.88 bits per heavy atom. The molecule has 1 fully saturated rings. The molecule has 1 atom stereocenters. The third kappa shape index (κ3) is 6.67. The largest absolute Gasteiger partial charge is 0.416 e. The Hall–Kier alpha value is -2.20. The molecule has 0 radical (unpaired) electrons.